The zero-order valence-corrected chi connectivity index (χ0v) is 15.7. The molecule has 148 valence electrons. The van der Waals surface area contributed by atoms with E-state index >= 15 is 0 Å². The van der Waals surface area contributed by atoms with E-state index in [-0.39, 0.29) is 23.0 Å². The first kappa shape index (κ1) is 19.0. The Morgan fingerprint density at radius 3 is 2.39 bits per heavy atom. The molecule has 4 rings (SSSR count). The molecule has 1 atom stereocenters. The molecule has 2 aliphatic rings. The first-order valence-electron chi connectivity index (χ1n) is 9.69. The quantitative estimate of drug-likeness (QED) is 0.829. The van der Waals surface area contributed by atoms with Crippen molar-refractivity contribution in [2.45, 2.75) is 24.3 Å². The fraction of sp³-hybridized carbons (Fsp3) is 0.409. The second kappa shape index (κ2) is 7.97. The highest BCUT2D eigenvalue weighted by atomic mass is 19.1. The summed E-state index contributed by atoms with van der Waals surface area (Å²) in [6, 6.07) is 12.2. The van der Waals surface area contributed by atoms with Crippen LogP contribution in [0.1, 0.15) is 30.0 Å². The number of rotatable bonds is 6. The molecule has 0 radical (unpaired) electrons. The lowest BCUT2D eigenvalue weighted by Crippen LogP contribution is -2.47. The van der Waals surface area contributed by atoms with Gasteiger partial charge in [-0.15, -0.1) is 0 Å². The Morgan fingerprint density at radius 1 is 1.07 bits per heavy atom. The Balaban J connectivity index is 1.51. The lowest BCUT2D eigenvalue weighted by Gasteiger charge is -2.34. The van der Waals surface area contributed by atoms with Gasteiger partial charge in [-0.3, -0.25) is 9.69 Å². The van der Waals surface area contributed by atoms with Gasteiger partial charge in [0, 0.05) is 30.6 Å². The summed E-state index contributed by atoms with van der Waals surface area (Å²) in [4.78, 5) is 15.1. The molecular formula is C22H24F2N2O2. The molecule has 0 unspecified atom stereocenters. The molecule has 1 heterocycles. The van der Waals surface area contributed by atoms with Crippen LogP contribution in [-0.2, 0) is 14.9 Å². The number of nitrogens with zero attached hydrogens (tertiary/aromatic N) is 1. The molecule has 1 saturated heterocycles. The molecule has 1 N–H and O–H groups in total. The average Bonchev–Trinajstić information content (AvgIpc) is 3.51. The highest BCUT2D eigenvalue weighted by molar-refractivity contribution is 5.83. The van der Waals surface area contributed by atoms with Gasteiger partial charge in [0.2, 0.25) is 5.91 Å². The molecule has 6 heteroatoms. The summed E-state index contributed by atoms with van der Waals surface area (Å²) in [5.74, 6) is -0.857. The third-order valence-corrected chi connectivity index (χ3v) is 5.77. The van der Waals surface area contributed by atoms with Gasteiger partial charge in [-0.2, -0.15) is 0 Å². The molecule has 0 aromatic heterocycles. The van der Waals surface area contributed by atoms with Gasteiger partial charge in [0.1, 0.15) is 17.7 Å². The molecule has 28 heavy (non-hydrogen) atoms. The first-order valence-corrected chi connectivity index (χ1v) is 9.69. The van der Waals surface area contributed by atoms with E-state index in [0.29, 0.717) is 38.4 Å². The van der Waals surface area contributed by atoms with Gasteiger partial charge >= 0.3 is 0 Å². The number of nitrogens with one attached hydrogen (secondary N) is 1. The smallest absolute Gasteiger partial charge is 0.242 e. The van der Waals surface area contributed by atoms with Gasteiger partial charge in [-0.25, -0.2) is 8.78 Å². The van der Waals surface area contributed by atoms with E-state index in [2.05, 4.69) is 5.32 Å². The van der Waals surface area contributed by atoms with Crippen LogP contribution in [-0.4, -0.2) is 43.7 Å². The molecule has 1 amide bonds. The Kier molecular flexibility index (Phi) is 5.42. The van der Waals surface area contributed by atoms with Crippen LogP contribution in [0, 0.1) is 11.6 Å². The molecule has 0 spiro atoms. The second-order valence-electron chi connectivity index (χ2n) is 7.58. The number of hydrogen-bond acceptors (Lipinski definition) is 3. The van der Waals surface area contributed by atoms with Gasteiger partial charge in [0.05, 0.1) is 13.2 Å². The summed E-state index contributed by atoms with van der Waals surface area (Å²) in [6.07, 6.45) is 1.89. The molecule has 1 aliphatic heterocycles. The van der Waals surface area contributed by atoms with Crippen LogP contribution in [0.3, 0.4) is 0 Å². The van der Waals surface area contributed by atoms with Crippen molar-refractivity contribution in [1.29, 1.82) is 0 Å². The van der Waals surface area contributed by atoms with Gasteiger partial charge in [-0.1, -0.05) is 30.3 Å². The number of halogens is 2. The molecule has 2 aromatic rings. The van der Waals surface area contributed by atoms with Gasteiger partial charge in [0.25, 0.3) is 0 Å². The number of carbonyl (C=O) groups is 1. The molecule has 1 saturated carbocycles. The maximum Gasteiger partial charge on any atom is 0.242 e. The Bertz CT molecular complexity index is 831. The van der Waals surface area contributed by atoms with E-state index in [0.717, 1.165) is 18.4 Å². The van der Waals surface area contributed by atoms with E-state index in [1.54, 1.807) is 30.3 Å². The maximum atomic E-state index is 14.5. The number of ether oxygens (including phenoxy) is 1. The summed E-state index contributed by atoms with van der Waals surface area (Å²) >= 11 is 0. The van der Waals surface area contributed by atoms with E-state index in [4.69, 9.17) is 4.74 Å². The fourth-order valence-corrected chi connectivity index (χ4v) is 3.91. The van der Waals surface area contributed by atoms with E-state index < -0.39 is 6.04 Å². The summed E-state index contributed by atoms with van der Waals surface area (Å²) in [5.41, 5.74) is 1.27. The summed E-state index contributed by atoms with van der Waals surface area (Å²) < 4.78 is 33.1. The van der Waals surface area contributed by atoms with Crippen LogP contribution < -0.4 is 5.32 Å². The van der Waals surface area contributed by atoms with Gasteiger partial charge in [-0.05, 0) is 36.6 Å². The number of carbonyl (C=O) groups excluding carboxylic acids is 1. The number of morpholine rings is 1. The zero-order valence-electron chi connectivity index (χ0n) is 15.7. The van der Waals surface area contributed by atoms with Crippen molar-refractivity contribution in [2.75, 3.05) is 32.8 Å². The van der Waals surface area contributed by atoms with Crippen molar-refractivity contribution in [2.24, 2.45) is 0 Å². The maximum absolute atomic E-state index is 14.5. The fourth-order valence-electron chi connectivity index (χ4n) is 3.91. The van der Waals surface area contributed by atoms with Crippen molar-refractivity contribution < 1.29 is 18.3 Å². The van der Waals surface area contributed by atoms with Gasteiger partial charge in [0.15, 0.2) is 0 Å². The van der Waals surface area contributed by atoms with Crippen LogP contribution in [0.2, 0.25) is 0 Å². The predicted molar refractivity (Wildman–Crippen MR) is 102 cm³/mol. The van der Waals surface area contributed by atoms with Gasteiger partial charge < -0.3 is 10.1 Å². The number of amides is 1. The predicted octanol–water partition coefficient (Wildman–Crippen LogP) is 3.19. The van der Waals surface area contributed by atoms with E-state index in [1.165, 1.54) is 18.2 Å². The Hall–Kier alpha value is -2.31. The molecular weight excluding hydrogens is 362 g/mol. The normalized spacial score (nSPS) is 19.8. The minimum atomic E-state index is -0.686. The lowest BCUT2D eigenvalue weighted by atomic mass is 9.95. The molecule has 4 nitrogen and oxygen atoms in total. The van der Waals surface area contributed by atoms with Crippen LogP contribution in [0.15, 0.2) is 48.5 Å². The number of hydrogen-bond donors (Lipinski definition) is 1. The van der Waals surface area contributed by atoms with E-state index in [9.17, 15) is 13.6 Å². The minimum Gasteiger partial charge on any atom is -0.379 e. The highest BCUT2D eigenvalue weighted by Gasteiger charge is 2.45. The molecule has 1 aliphatic carbocycles. The standard InChI is InChI=1S/C22H24F2N2O2/c23-17-7-5-16(6-8-17)22(9-10-22)15-25-21(27)20(26-11-13-28-14-12-26)18-3-1-2-4-19(18)24/h1-8,20H,9-15H2,(H,25,27)/t20-/m0/s1. The topological polar surface area (TPSA) is 41.6 Å². The monoisotopic (exact) mass is 386 g/mol. The Labute approximate surface area is 163 Å². The lowest BCUT2D eigenvalue weighted by molar-refractivity contribution is -0.128. The largest absolute Gasteiger partial charge is 0.379 e. The summed E-state index contributed by atoms with van der Waals surface area (Å²) in [6.45, 7) is 2.67. The van der Waals surface area contributed by atoms with Crippen molar-refractivity contribution >= 4 is 5.91 Å². The van der Waals surface area contributed by atoms with Crippen molar-refractivity contribution in [3.8, 4) is 0 Å². The molecule has 2 fully saturated rings. The summed E-state index contributed by atoms with van der Waals surface area (Å²) in [7, 11) is 0. The third kappa shape index (κ3) is 3.93. The van der Waals surface area contributed by atoms with Crippen molar-refractivity contribution in [3.63, 3.8) is 0 Å². The van der Waals surface area contributed by atoms with E-state index in [1.807, 2.05) is 4.90 Å². The SMILES string of the molecule is O=C(NCC1(c2ccc(F)cc2)CC1)[C@H](c1ccccc1F)N1CCOCC1. The average molecular weight is 386 g/mol. The highest BCUT2D eigenvalue weighted by Crippen LogP contribution is 2.47. The van der Waals surface area contributed by atoms with Crippen LogP contribution in [0.4, 0.5) is 8.78 Å². The molecule has 0 bridgehead atoms. The number of benzene rings is 2. The first-order chi connectivity index (χ1) is 13.6. The van der Waals surface area contributed by atoms with Crippen LogP contribution in [0.5, 0.6) is 0 Å². The third-order valence-electron chi connectivity index (χ3n) is 5.77. The molecule has 2 aromatic carbocycles. The minimum absolute atomic E-state index is 0.145. The van der Waals surface area contributed by atoms with Crippen LogP contribution >= 0.6 is 0 Å². The van der Waals surface area contributed by atoms with Crippen LogP contribution in [0.25, 0.3) is 0 Å². The van der Waals surface area contributed by atoms with Crippen molar-refractivity contribution in [3.05, 3.63) is 71.3 Å². The second-order valence-corrected chi connectivity index (χ2v) is 7.58. The summed E-state index contributed by atoms with van der Waals surface area (Å²) in [5, 5.41) is 3.04. The zero-order chi connectivity index (χ0) is 19.6. The Morgan fingerprint density at radius 2 is 1.75 bits per heavy atom. The van der Waals surface area contributed by atoms with Crippen molar-refractivity contribution in [1.82, 2.24) is 10.2 Å².